The van der Waals surface area contributed by atoms with E-state index >= 15 is 0 Å². The van der Waals surface area contributed by atoms with Crippen molar-refractivity contribution >= 4 is 22.2 Å². The van der Waals surface area contributed by atoms with Crippen LogP contribution >= 0.6 is 11.8 Å². The summed E-state index contributed by atoms with van der Waals surface area (Å²) < 4.78 is 1.73. The first kappa shape index (κ1) is 11.3. The Balaban J connectivity index is 3.10. The van der Waals surface area contributed by atoms with E-state index in [1.54, 1.807) is 4.73 Å². The fraction of sp³-hybridized carbons (Fsp3) is 0.125. The van der Waals surface area contributed by atoms with Crippen molar-refractivity contribution in [2.24, 2.45) is 4.99 Å². The molecule has 1 aromatic rings. The van der Waals surface area contributed by atoms with Crippen molar-refractivity contribution in [3.8, 4) is 0 Å². The zero-order valence-electron chi connectivity index (χ0n) is 7.45. The average Bonchev–Trinajstić information content (AvgIpc) is 2.26. The van der Waals surface area contributed by atoms with Gasteiger partial charge in [-0.1, -0.05) is 0 Å². The van der Waals surface area contributed by atoms with Crippen LogP contribution in [0.2, 0.25) is 0 Å². The summed E-state index contributed by atoms with van der Waals surface area (Å²) in [6, 6.07) is 0. The van der Waals surface area contributed by atoms with E-state index in [0.717, 1.165) is 0 Å². The summed E-state index contributed by atoms with van der Waals surface area (Å²) in [5, 5.41) is 0.661. The molecule has 1 rings (SSSR count). The van der Waals surface area contributed by atoms with Gasteiger partial charge in [-0.2, -0.15) is 0 Å². The van der Waals surface area contributed by atoms with Crippen LogP contribution < -0.4 is 0 Å². The van der Waals surface area contributed by atoms with E-state index in [9.17, 15) is 0 Å². The molecule has 0 aliphatic rings. The van der Waals surface area contributed by atoms with Gasteiger partial charge in [0.15, 0.2) is 0 Å². The van der Waals surface area contributed by atoms with Crippen LogP contribution in [-0.2, 0) is 17.0 Å². The number of aromatic nitrogens is 3. The monoisotopic (exact) mass is 242 g/mol. The Kier molecular flexibility index (Phi) is 4.72. The summed E-state index contributed by atoms with van der Waals surface area (Å²) >= 11 is 3.74. The van der Waals surface area contributed by atoms with Crippen LogP contribution in [-0.4, -0.2) is 31.6 Å². The zero-order valence-corrected chi connectivity index (χ0v) is 9.67. The van der Waals surface area contributed by atoms with Gasteiger partial charge >= 0.3 is 95.5 Å². The average molecular weight is 242 g/mol. The van der Waals surface area contributed by atoms with Gasteiger partial charge in [-0.3, -0.25) is 0 Å². The van der Waals surface area contributed by atoms with E-state index < -0.39 is 0 Å². The molecule has 0 radical (unpaired) electrons. The van der Waals surface area contributed by atoms with Gasteiger partial charge in [0, 0.05) is 0 Å². The van der Waals surface area contributed by atoms with Crippen LogP contribution in [0.1, 0.15) is 5.82 Å². The van der Waals surface area contributed by atoms with E-state index in [4.69, 9.17) is 6.58 Å². The fourth-order valence-corrected chi connectivity index (χ4v) is 1.35. The number of nitrogens with zero attached hydrogens (tertiary/aromatic N) is 4. The fourth-order valence-electron chi connectivity index (χ4n) is 0.732. The quantitative estimate of drug-likeness (QED) is 0.442. The van der Waals surface area contributed by atoms with E-state index in [0.29, 0.717) is 16.7 Å². The first-order valence-corrected chi connectivity index (χ1v) is 5.67. The Labute approximate surface area is 95.5 Å². The van der Waals surface area contributed by atoms with Crippen LogP contribution in [0.3, 0.4) is 0 Å². The SMILES string of the molecule is [CH-]=CN=C([CH]=[V])c1ncnc(SC)n1. The predicted octanol–water partition coefficient (Wildman–Crippen LogP) is 0.678. The van der Waals surface area contributed by atoms with Gasteiger partial charge in [0.2, 0.25) is 0 Å². The maximum absolute atomic E-state index is 5.20. The Bertz CT molecular complexity index is 377. The molecular formula is C8H7N4SV-. The third-order valence-corrected chi connectivity index (χ3v) is 2.24. The first-order valence-electron chi connectivity index (χ1n) is 3.64. The van der Waals surface area contributed by atoms with Gasteiger partial charge < -0.3 is 0 Å². The summed E-state index contributed by atoms with van der Waals surface area (Å²) in [5.41, 5.74) is 0.616. The molecule has 0 bridgehead atoms. The van der Waals surface area contributed by atoms with Crippen molar-refractivity contribution in [1.29, 1.82) is 0 Å². The second-order valence-electron chi connectivity index (χ2n) is 2.09. The minimum absolute atomic E-state index is 0.520. The van der Waals surface area contributed by atoms with Crippen LogP contribution in [0, 0.1) is 6.58 Å². The van der Waals surface area contributed by atoms with Crippen molar-refractivity contribution in [1.82, 2.24) is 15.0 Å². The Morgan fingerprint density at radius 2 is 2.43 bits per heavy atom. The molecule has 0 spiro atoms. The molecule has 0 fully saturated rings. The Hall–Kier alpha value is -0.776. The van der Waals surface area contributed by atoms with Gasteiger partial charge in [0.05, 0.1) is 0 Å². The summed E-state index contributed by atoms with van der Waals surface area (Å²) in [6.45, 7) is 5.20. The summed E-state index contributed by atoms with van der Waals surface area (Å²) in [4.78, 5) is 16.1. The van der Waals surface area contributed by atoms with Crippen LogP contribution in [0.4, 0.5) is 0 Å². The van der Waals surface area contributed by atoms with Gasteiger partial charge in [0.1, 0.15) is 0 Å². The third-order valence-electron chi connectivity index (χ3n) is 1.30. The van der Waals surface area contributed by atoms with E-state index in [2.05, 4.69) is 36.9 Å². The molecule has 0 aliphatic carbocycles. The molecule has 14 heavy (non-hydrogen) atoms. The molecule has 4 nitrogen and oxygen atoms in total. The van der Waals surface area contributed by atoms with Crippen LogP contribution in [0.15, 0.2) is 22.7 Å². The molecular weight excluding hydrogens is 235 g/mol. The second kappa shape index (κ2) is 5.85. The molecule has 0 amide bonds. The number of rotatable bonds is 4. The number of hydrogen-bond acceptors (Lipinski definition) is 5. The molecule has 0 aliphatic heterocycles. The topological polar surface area (TPSA) is 51.0 Å². The molecule has 0 N–H and O–H groups in total. The molecule has 0 saturated carbocycles. The third kappa shape index (κ3) is 2.87. The molecule has 0 saturated heterocycles. The molecule has 71 valence electrons. The molecule has 0 unspecified atom stereocenters. The summed E-state index contributed by atoms with van der Waals surface area (Å²) in [7, 11) is 0. The van der Waals surface area contributed by atoms with E-state index in [1.807, 2.05) is 6.26 Å². The van der Waals surface area contributed by atoms with Gasteiger partial charge in [-0.15, -0.1) is 0 Å². The number of thioether (sulfide) groups is 1. The van der Waals surface area contributed by atoms with Crippen LogP contribution in [0.5, 0.6) is 0 Å². The number of hydrogen-bond donors (Lipinski definition) is 0. The molecule has 0 atom stereocenters. The maximum atomic E-state index is 5.20. The second-order valence-corrected chi connectivity index (χ2v) is 3.26. The summed E-state index contributed by atoms with van der Waals surface area (Å²) in [5.74, 6) is 0.520. The van der Waals surface area contributed by atoms with E-state index in [-0.39, 0.29) is 0 Å². The predicted molar refractivity (Wildman–Crippen MR) is 53.1 cm³/mol. The van der Waals surface area contributed by atoms with Crippen LogP contribution in [0.25, 0.3) is 0 Å². The van der Waals surface area contributed by atoms with Gasteiger partial charge in [-0.25, -0.2) is 0 Å². The van der Waals surface area contributed by atoms with Gasteiger partial charge in [-0.05, 0) is 0 Å². The number of aliphatic imine (C=N–C) groups is 1. The van der Waals surface area contributed by atoms with Crippen molar-refractivity contribution in [3.63, 3.8) is 0 Å². The Morgan fingerprint density at radius 1 is 1.64 bits per heavy atom. The van der Waals surface area contributed by atoms with Gasteiger partial charge in [0.25, 0.3) is 0 Å². The molecule has 1 heterocycles. The standard InChI is InChI=1S/C8H7N4S.V/c1-4-9-6(2)7-10-5-11-8(12-7)13-3;/h1-2,4-5H,3H3;/q-1;. The van der Waals surface area contributed by atoms with E-state index in [1.165, 1.54) is 24.3 Å². The van der Waals surface area contributed by atoms with Crippen molar-refractivity contribution in [2.45, 2.75) is 5.16 Å². The first-order chi connectivity index (χ1) is 6.81. The molecule has 1 aromatic heterocycles. The van der Waals surface area contributed by atoms with Crippen molar-refractivity contribution < 1.29 is 17.0 Å². The van der Waals surface area contributed by atoms with Crippen molar-refractivity contribution in [3.05, 3.63) is 24.9 Å². The minimum atomic E-state index is 0.520. The zero-order chi connectivity index (χ0) is 10.4. The molecule has 0 aromatic carbocycles. The summed E-state index contributed by atoms with van der Waals surface area (Å²) in [6.07, 6.45) is 4.56. The van der Waals surface area contributed by atoms with Crippen molar-refractivity contribution in [2.75, 3.05) is 6.26 Å². The molecule has 6 heteroatoms. The normalized spacial score (nSPS) is 11.0. The Morgan fingerprint density at radius 3 is 3.00 bits per heavy atom.